The van der Waals surface area contributed by atoms with E-state index in [1.54, 1.807) is 0 Å². The Labute approximate surface area is 74.5 Å². The summed E-state index contributed by atoms with van der Waals surface area (Å²) in [6.07, 6.45) is 2.36. The van der Waals surface area contributed by atoms with Crippen LogP contribution in [-0.4, -0.2) is 55.1 Å². The van der Waals surface area contributed by atoms with E-state index in [-0.39, 0.29) is 0 Å². The molecule has 0 radical (unpaired) electrons. The summed E-state index contributed by atoms with van der Waals surface area (Å²) in [5, 5.41) is 0. The second kappa shape index (κ2) is 2.98. The van der Waals surface area contributed by atoms with Crippen LogP contribution < -0.4 is 5.73 Å². The number of hydrogen-bond donors (Lipinski definition) is 1. The lowest BCUT2D eigenvalue weighted by Gasteiger charge is -2.49. The lowest BCUT2D eigenvalue weighted by Crippen LogP contribution is -2.62. The van der Waals surface area contributed by atoms with Gasteiger partial charge in [0.05, 0.1) is 0 Å². The fourth-order valence-electron chi connectivity index (χ4n) is 2.63. The zero-order chi connectivity index (χ0) is 8.72. The molecule has 2 aliphatic rings. The fraction of sp³-hybridized carbons (Fsp3) is 1.00. The standard InChI is InChI=1S/C9H19N3/c1-11-5-8-3-7(10)4-9(6-11)12(8)2/h7-9H,3-6,10H2,1-2H3/t7?,8-,9+. The molecular weight excluding hydrogens is 150 g/mol. The van der Waals surface area contributed by atoms with Crippen molar-refractivity contribution in [3.8, 4) is 0 Å². The molecule has 2 saturated heterocycles. The Kier molecular flexibility index (Phi) is 2.10. The van der Waals surface area contributed by atoms with Gasteiger partial charge in [-0.3, -0.25) is 4.90 Å². The summed E-state index contributed by atoms with van der Waals surface area (Å²) in [6, 6.07) is 1.86. The smallest absolute Gasteiger partial charge is 0.0238 e. The highest BCUT2D eigenvalue weighted by Gasteiger charge is 2.36. The fourth-order valence-corrected chi connectivity index (χ4v) is 2.63. The topological polar surface area (TPSA) is 32.5 Å². The maximum absolute atomic E-state index is 5.99. The van der Waals surface area contributed by atoms with Crippen molar-refractivity contribution < 1.29 is 0 Å². The Balaban J connectivity index is 2.08. The molecule has 2 rings (SSSR count). The van der Waals surface area contributed by atoms with E-state index in [2.05, 4.69) is 23.9 Å². The molecule has 3 heteroatoms. The van der Waals surface area contributed by atoms with Crippen LogP contribution >= 0.6 is 0 Å². The first kappa shape index (κ1) is 8.48. The minimum Gasteiger partial charge on any atom is -0.328 e. The summed E-state index contributed by atoms with van der Waals surface area (Å²) in [4.78, 5) is 4.95. The van der Waals surface area contributed by atoms with Gasteiger partial charge in [0.15, 0.2) is 0 Å². The Morgan fingerprint density at radius 3 is 2.08 bits per heavy atom. The van der Waals surface area contributed by atoms with Gasteiger partial charge < -0.3 is 10.6 Å². The minimum atomic E-state index is 0.449. The van der Waals surface area contributed by atoms with Gasteiger partial charge >= 0.3 is 0 Å². The highest BCUT2D eigenvalue weighted by Crippen LogP contribution is 2.25. The van der Waals surface area contributed by atoms with E-state index >= 15 is 0 Å². The van der Waals surface area contributed by atoms with Gasteiger partial charge in [-0.25, -0.2) is 0 Å². The SMILES string of the molecule is CN1C[C@H]2CC(N)C[C@@H](C1)N2C. The van der Waals surface area contributed by atoms with Crippen LogP contribution in [0.2, 0.25) is 0 Å². The predicted molar refractivity (Wildman–Crippen MR) is 50.0 cm³/mol. The second-order valence-corrected chi connectivity index (χ2v) is 4.43. The Bertz CT molecular complexity index is 141. The van der Waals surface area contributed by atoms with Crippen molar-refractivity contribution in [2.75, 3.05) is 27.2 Å². The van der Waals surface area contributed by atoms with E-state index in [1.807, 2.05) is 0 Å². The summed E-state index contributed by atoms with van der Waals surface area (Å²) < 4.78 is 0. The molecule has 3 atom stereocenters. The van der Waals surface area contributed by atoms with E-state index in [1.165, 1.54) is 25.9 Å². The molecule has 70 valence electrons. The number of fused-ring (bicyclic) bond motifs is 2. The first-order valence-electron chi connectivity index (χ1n) is 4.83. The highest BCUT2D eigenvalue weighted by atomic mass is 15.3. The Morgan fingerprint density at radius 2 is 1.58 bits per heavy atom. The summed E-state index contributed by atoms with van der Waals surface area (Å²) in [5.41, 5.74) is 5.99. The van der Waals surface area contributed by atoms with Gasteiger partial charge in [-0.2, -0.15) is 0 Å². The average Bonchev–Trinajstić information content (AvgIpc) is 1.94. The van der Waals surface area contributed by atoms with E-state index < -0.39 is 0 Å². The lowest BCUT2D eigenvalue weighted by atomic mass is 9.89. The van der Waals surface area contributed by atoms with E-state index in [9.17, 15) is 0 Å². The number of piperazine rings is 1. The quantitative estimate of drug-likeness (QED) is 0.541. The maximum atomic E-state index is 5.99. The average molecular weight is 169 g/mol. The van der Waals surface area contributed by atoms with Crippen molar-refractivity contribution in [1.82, 2.24) is 9.80 Å². The monoisotopic (exact) mass is 169 g/mol. The molecule has 0 amide bonds. The van der Waals surface area contributed by atoms with Gasteiger partial charge in [-0.05, 0) is 26.9 Å². The van der Waals surface area contributed by atoms with Crippen molar-refractivity contribution in [2.45, 2.75) is 31.0 Å². The maximum Gasteiger partial charge on any atom is 0.0238 e. The molecule has 1 unspecified atom stereocenters. The molecule has 0 aromatic heterocycles. The van der Waals surface area contributed by atoms with Crippen LogP contribution in [0.15, 0.2) is 0 Å². The molecule has 0 aromatic carbocycles. The highest BCUT2D eigenvalue weighted by molar-refractivity contribution is 4.94. The van der Waals surface area contributed by atoms with Crippen molar-refractivity contribution in [2.24, 2.45) is 5.73 Å². The van der Waals surface area contributed by atoms with Crippen molar-refractivity contribution in [3.05, 3.63) is 0 Å². The number of rotatable bonds is 0. The number of nitrogens with two attached hydrogens (primary N) is 1. The van der Waals surface area contributed by atoms with Crippen LogP contribution in [-0.2, 0) is 0 Å². The molecule has 3 nitrogen and oxygen atoms in total. The van der Waals surface area contributed by atoms with Gasteiger partial charge in [0.1, 0.15) is 0 Å². The van der Waals surface area contributed by atoms with E-state index in [4.69, 9.17) is 5.73 Å². The van der Waals surface area contributed by atoms with Crippen LogP contribution in [0.3, 0.4) is 0 Å². The van der Waals surface area contributed by atoms with E-state index in [0.717, 1.165) is 0 Å². The third-order valence-corrected chi connectivity index (χ3v) is 3.35. The summed E-state index contributed by atoms with van der Waals surface area (Å²) in [7, 11) is 4.46. The molecule has 0 saturated carbocycles. The number of piperidine rings is 1. The van der Waals surface area contributed by atoms with Crippen LogP contribution in [0, 0.1) is 0 Å². The number of likely N-dealkylation sites (N-methyl/N-ethyl adjacent to an activating group) is 2. The number of hydrogen-bond acceptors (Lipinski definition) is 3. The summed E-state index contributed by atoms with van der Waals surface area (Å²) in [6.45, 7) is 2.39. The molecule has 2 heterocycles. The second-order valence-electron chi connectivity index (χ2n) is 4.43. The lowest BCUT2D eigenvalue weighted by molar-refractivity contribution is 0.0141. The molecule has 2 fully saturated rings. The van der Waals surface area contributed by atoms with Gasteiger partial charge in [-0.15, -0.1) is 0 Å². The molecule has 12 heavy (non-hydrogen) atoms. The van der Waals surface area contributed by atoms with Crippen molar-refractivity contribution in [1.29, 1.82) is 0 Å². The Morgan fingerprint density at radius 1 is 1.08 bits per heavy atom. The normalized spacial score (nSPS) is 44.8. The van der Waals surface area contributed by atoms with Gasteiger partial charge in [0.25, 0.3) is 0 Å². The summed E-state index contributed by atoms with van der Waals surface area (Å²) >= 11 is 0. The molecule has 0 spiro atoms. The van der Waals surface area contributed by atoms with Gasteiger partial charge in [-0.1, -0.05) is 0 Å². The third-order valence-electron chi connectivity index (χ3n) is 3.35. The Hall–Kier alpha value is -0.120. The molecule has 2 N–H and O–H groups in total. The first-order valence-corrected chi connectivity index (χ1v) is 4.83. The number of likely N-dealkylation sites (tertiary alicyclic amines) is 1. The predicted octanol–water partition coefficient (Wildman–Crippen LogP) is -0.278. The molecule has 0 aliphatic carbocycles. The number of nitrogens with zero attached hydrogens (tertiary/aromatic N) is 2. The van der Waals surface area contributed by atoms with E-state index in [0.29, 0.717) is 18.1 Å². The van der Waals surface area contributed by atoms with Crippen molar-refractivity contribution in [3.63, 3.8) is 0 Å². The minimum absolute atomic E-state index is 0.449. The first-order chi connectivity index (χ1) is 5.66. The third kappa shape index (κ3) is 1.37. The molecule has 2 bridgehead atoms. The van der Waals surface area contributed by atoms with Crippen LogP contribution in [0.5, 0.6) is 0 Å². The van der Waals surface area contributed by atoms with Crippen LogP contribution in [0.25, 0.3) is 0 Å². The largest absolute Gasteiger partial charge is 0.328 e. The molecule has 0 aromatic rings. The zero-order valence-electron chi connectivity index (χ0n) is 8.03. The zero-order valence-corrected chi connectivity index (χ0v) is 8.03. The summed E-state index contributed by atoms with van der Waals surface area (Å²) in [5.74, 6) is 0. The molecular formula is C9H19N3. The van der Waals surface area contributed by atoms with Gasteiger partial charge in [0.2, 0.25) is 0 Å². The molecule has 2 aliphatic heterocycles. The van der Waals surface area contributed by atoms with Gasteiger partial charge in [0, 0.05) is 31.2 Å². The van der Waals surface area contributed by atoms with Crippen LogP contribution in [0.1, 0.15) is 12.8 Å². The van der Waals surface area contributed by atoms with Crippen LogP contribution in [0.4, 0.5) is 0 Å². The van der Waals surface area contributed by atoms with Crippen molar-refractivity contribution >= 4 is 0 Å².